The van der Waals surface area contributed by atoms with Crippen molar-refractivity contribution < 1.29 is 53.1 Å². The number of rotatable bonds is 35. The van der Waals surface area contributed by atoms with Crippen molar-refractivity contribution in [3.8, 4) is 0 Å². The SMILES string of the molecule is CCCCCCCCCC(=O)OCC(CO)(COCC(CO)(COC(=O)CCCC)COC(=O)CCCCCCC)COC(=O)CCCCC. The minimum Gasteiger partial charge on any atom is -0.465 e. The number of carbonyl (C=O) groups is 4. The molecule has 294 valence electrons. The predicted molar refractivity (Wildman–Crippen MR) is 193 cm³/mol. The fraction of sp³-hybridized carbons (Fsp3) is 0.897. The van der Waals surface area contributed by atoms with Gasteiger partial charge < -0.3 is 33.9 Å². The summed E-state index contributed by atoms with van der Waals surface area (Å²) in [5.74, 6) is -1.67. The monoisotopic (exact) mass is 717 g/mol. The molecule has 0 spiro atoms. The molecule has 0 bridgehead atoms. The van der Waals surface area contributed by atoms with Crippen molar-refractivity contribution in [3.05, 3.63) is 0 Å². The molecule has 11 heteroatoms. The minimum absolute atomic E-state index is 0.201. The second kappa shape index (κ2) is 31.5. The van der Waals surface area contributed by atoms with Crippen molar-refractivity contribution in [1.82, 2.24) is 0 Å². The predicted octanol–water partition coefficient (Wildman–Crippen LogP) is 7.40. The number of carbonyl (C=O) groups excluding carboxylic acids is 4. The van der Waals surface area contributed by atoms with Gasteiger partial charge in [-0.2, -0.15) is 0 Å². The number of hydrogen-bond acceptors (Lipinski definition) is 11. The van der Waals surface area contributed by atoms with Gasteiger partial charge in [-0.15, -0.1) is 0 Å². The Bertz CT molecular complexity index is 880. The molecular formula is C39H72O11. The van der Waals surface area contributed by atoms with Gasteiger partial charge in [-0.3, -0.25) is 19.2 Å². The summed E-state index contributed by atoms with van der Waals surface area (Å²) in [6.45, 7) is 5.89. The van der Waals surface area contributed by atoms with Crippen LogP contribution in [0.15, 0.2) is 0 Å². The van der Waals surface area contributed by atoms with Crippen LogP contribution in [-0.4, -0.2) is 86.9 Å². The van der Waals surface area contributed by atoms with E-state index in [0.717, 1.165) is 64.2 Å². The van der Waals surface area contributed by atoms with Crippen LogP contribution in [0.5, 0.6) is 0 Å². The zero-order chi connectivity index (χ0) is 37.4. The van der Waals surface area contributed by atoms with Crippen molar-refractivity contribution in [3.63, 3.8) is 0 Å². The van der Waals surface area contributed by atoms with Crippen LogP contribution in [-0.2, 0) is 42.9 Å². The van der Waals surface area contributed by atoms with E-state index in [1.54, 1.807) is 0 Å². The lowest BCUT2D eigenvalue weighted by Crippen LogP contribution is -2.46. The van der Waals surface area contributed by atoms with Crippen LogP contribution < -0.4 is 0 Å². The van der Waals surface area contributed by atoms with Crippen molar-refractivity contribution >= 4 is 23.9 Å². The van der Waals surface area contributed by atoms with Crippen LogP contribution in [0.3, 0.4) is 0 Å². The normalized spacial score (nSPS) is 13.6. The maximum Gasteiger partial charge on any atom is 0.305 e. The lowest BCUT2D eigenvalue weighted by atomic mass is 9.90. The zero-order valence-corrected chi connectivity index (χ0v) is 32.1. The topological polar surface area (TPSA) is 155 Å². The Labute approximate surface area is 302 Å². The number of aliphatic hydroxyl groups excluding tert-OH is 2. The Balaban J connectivity index is 5.58. The molecule has 0 aromatic carbocycles. The molecule has 0 aromatic rings. The van der Waals surface area contributed by atoms with Gasteiger partial charge in [-0.25, -0.2) is 0 Å². The smallest absolute Gasteiger partial charge is 0.305 e. The third-order valence-corrected chi connectivity index (χ3v) is 8.83. The van der Waals surface area contributed by atoms with E-state index >= 15 is 0 Å². The van der Waals surface area contributed by atoms with Gasteiger partial charge in [-0.1, -0.05) is 111 Å². The van der Waals surface area contributed by atoms with Crippen LogP contribution in [0.25, 0.3) is 0 Å². The molecule has 0 aromatic heterocycles. The summed E-state index contributed by atoms with van der Waals surface area (Å²) in [7, 11) is 0. The molecule has 0 saturated carbocycles. The Morgan fingerprint density at radius 3 is 0.960 bits per heavy atom. The van der Waals surface area contributed by atoms with E-state index in [0.29, 0.717) is 25.7 Å². The Hall–Kier alpha value is -2.24. The number of ether oxygens (including phenoxy) is 5. The Kier molecular flexibility index (Phi) is 30.1. The third-order valence-electron chi connectivity index (χ3n) is 8.83. The van der Waals surface area contributed by atoms with Crippen LogP contribution >= 0.6 is 0 Å². The van der Waals surface area contributed by atoms with E-state index in [2.05, 4.69) is 13.8 Å². The van der Waals surface area contributed by atoms with E-state index in [-0.39, 0.29) is 65.3 Å². The molecule has 2 atom stereocenters. The van der Waals surface area contributed by atoms with Crippen LogP contribution in [0.4, 0.5) is 0 Å². The summed E-state index contributed by atoms with van der Waals surface area (Å²) in [6, 6.07) is 0. The lowest BCUT2D eigenvalue weighted by molar-refractivity contribution is -0.168. The highest BCUT2D eigenvalue weighted by Gasteiger charge is 2.38. The molecule has 0 aliphatic rings. The highest BCUT2D eigenvalue weighted by Crippen LogP contribution is 2.25. The second-order valence-electron chi connectivity index (χ2n) is 14.0. The van der Waals surface area contributed by atoms with E-state index < -0.39 is 47.9 Å². The van der Waals surface area contributed by atoms with E-state index in [1.807, 2.05) is 13.8 Å². The van der Waals surface area contributed by atoms with Crippen LogP contribution in [0.1, 0.15) is 163 Å². The first-order chi connectivity index (χ1) is 24.1. The van der Waals surface area contributed by atoms with Crippen LogP contribution in [0, 0.1) is 10.8 Å². The minimum atomic E-state index is -1.27. The highest BCUT2D eigenvalue weighted by molar-refractivity contribution is 5.70. The maximum atomic E-state index is 12.7. The average Bonchev–Trinajstić information content (AvgIpc) is 3.12. The summed E-state index contributed by atoms with van der Waals surface area (Å²) in [6.07, 6.45) is 17.2. The molecule has 0 fully saturated rings. The molecule has 2 unspecified atom stereocenters. The molecule has 0 radical (unpaired) electrons. The van der Waals surface area contributed by atoms with E-state index in [9.17, 15) is 29.4 Å². The number of aliphatic hydroxyl groups is 2. The highest BCUT2D eigenvalue weighted by atomic mass is 16.6. The first kappa shape index (κ1) is 47.8. The standard InChI is InChI=1S/C39H72O11/c1-5-9-13-15-16-18-21-25-37(45)50-33-39(27-41,31-48-35(43)23-19-11-7-3)29-46-28-38(26-40,30-47-34(42)22-12-8-4)32-49-36(44)24-20-17-14-10-6-2/h40-41H,5-33H2,1-4H3. The maximum absolute atomic E-state index is 12.7. The molecule has 50 heavy (non-hydrogen) atoms. The van der Waals surface area contributed by atoms with Gasteiger partial charge in [0.2, 0.25) is 0 Å². The summed E-state index contributed by atoms with van der Waals surface area (Å²) in [5.41, 5.74) is -2.55. The molecule has 0 rings (SSSR count). The van der Waals surface area contributed by atoms with Gasteiger partial charge in [0.05, 0.1) is 37.3 Å². The zero-order valence-electron chi connectivity index (χ0n) is 32.1. The van der Waals surface area contributed by atoms with E-state index in [4.69, 9.17) is 23.7 Å². The van der Waals surface area contributed by atoms with Crippen molar-refractivity contribution in [2.75, 3.05) is 52.9 Å². The largest absolute Gasteiger partial charge is 0.465 e. The molecule has 0 heterocycles. The lowest BCUT2D eigenvalue weighted by Gasteiger charge is -2.34. The van der Waals surface area contributed by atoms with Crippen molar-refractivity contribution in [2.45, 2.75) is 163 Å². The van der Waals surface area contributed by atoms with Gasteiger partial charge in [0, 0.05) is 25.7 Å². The number of unbranched alkanes of at least 4 members (excludes halogenated alkanes) is 13. The first-order valence-electron chi connectivity index (χ1n) is 19.6. The van der Waals surface area contributed by atoms with E-state index in [1.165, 1.54) is 19.3 Å². The van der Waals surface area contributed by atoms with Gasteiger partial charge in [0.15, 0.2) is 0 Å². The molecule has 0 aliphatic carbocycles. The Morgan fingerprint density at radius 1 is 0.380 bits per heavy atom. The summed E-state index contributed by atoms with van der Waals surface area (Å²) >= 11 is 0. The molecule has 0 saturated heterocycles. The molecule has 2 N–H and O–H groups in total. The fourth-order valence-electron chi connectivity index (χ4n) is 5.17. The average molecular weight is 717 g/mol. The van der Waals surface area contributed by atoms with Crippen LogP contribution in [0.2, 0.25) is 0 Å². The fourth-order valence-corrected chi connectivity index (χ4v) is 5.17. The molecule has 0 aliphatic heterocycles. The summed E-state index contributed by atoms with van der Waals surface area (Å²) in [4.78, 5) is 50.1. The summed E-state index contributed by atoms with van der Waals surface area (Å²) < 4.78 is 28.2. The second-order valence-corrected chi connectivity index (χ2v) is 14.0. The molecular weight excluding hydrogens is 644 g/mol. The van der Waals surface area contributed by atoms with Crippen molar-refractivity contribution in [2.24, 2.45) is 10.8 Å². The van der Waals surface area contributed by atoms with Gasteiger partial charge in [-0.05, 0) is 25.7 Å². The number of esters is 4. The van der Waals surface area contributed by atoms with Gasteiger partial charge in [0.25, 0.3) is 0 Å². The molecule has 0 amide bonds. The quantitative estimate of drug-likeness (QED) is 0.0383. The molecule has 11 nitrogen and oxygen atoms in total. The van der Waals surface area contributed by atoms with Gasteiger partial charge in [0.1, 0.15) is 26.4 Å². The third kappa shape index (κ3) is 24.8. The van der Waals surface area contributed by atoms with Crippen molar-refractivity contribution in [1.29, 1.82) is 0 Å². The first-order valence-corrected chi connectivity index (χ1v) is 19.6. The number of hydrogen-bond donors (Lipinski definition) is 2. The summed E-state index contributed by atoms with van der Waals surface area (Å²) in [5, 5.41) is 21.0. The Morgan fingerprint density at radius 2 is 0.640 bits per heavy atom. The van der Waals surface area contributed by atoms with Gasteiger partial charge >= 0.3 is 23.9 Å².